The van der Waals surface area contributed by atoms with Gasteiger partial charge < -0.3 is 15.2 Å². The van der Waals surface area contributed by atoms with Gasteiger partial charge in [-0.05, 0) is 46.9 Å². The van der Waals surface area contributed by atoms with Crippen molar-refractivity contribution >= 4 is 51.5 Å². The molecule has 0 fully saturated rings. The minimum absolute atomic E-state index is 0.175. The summed E-state index contributed by atoms with van der Waals surface area (Å²) in [6, 6.07) is 12.9. The van der Waals surface area contributed by atoms with E-state index in [1.807, 2.05) is 24.3 Å². The predicted molar refractivity (Wildman–Crippen MR) is 95.6 cm³/mol. The van der Waals surface area contributed by atoms with Crippen LogP contribution >= 0.6 is 45.8 Å². The topological polar surface area (TPSA) is 41.5 Å². The third-order valence-electron chi connectivity index (χ3n) is 2.74. The fourth-order valence-corrected chi connectivity index (χ4v) is 2.52. The second-order valence-corrected chi connectivity index (χ2v) is 6.38. The molecule has 1 atom stereocenters. The van der Waals surface area contributed by atoms with Gasteiger partial charge in [0.2, 0.25) is 0 Å². The molecular formula is C15H14Cl2INO2. The average Bonchev–Trinajstić information content (AvgIpc) is 2.47. The number of anilines is 1. The summed E-state index contributed by atoms with van der Waals surface area (Å²) >= 11 is 14.0. The van der Waals surface area contributed by atoms with Crippen molar-refractivity contribution in [2.75, 3.05) is 18.5 Å². The Hall–Kier alpha value is -0.690. The molecule has 0 heterocycles. The van der Waals surface area contributed by atoms with E-state index in [1.165, 1.54) is 0 Å². The van der Waals surface area contributed by atoms with E-state index in [9.17, 15) is 5.11 Å². The second kappa shape index (κ2) is 8.08. The van der Waals surface area contributed by atoms with E-state index >= 15 is 0 Å². The number of hydrogen-bond acceptors (Lipinski definition) is 3. The molecule has 2 aromatic carbocycles. The number of hydrogen-bond donors (Lipinski definition) is 2. The fourth-order valence-electron chi connectivity index (χ4n) is 1.65. The Morgan fingerprint density at radius 2 is 1.90 bits per heavy atom. The molecule has 21 heavy (non-hydrogen) atoms. The van der Waals surface area contributed by atoms with Crippen LogP contribution in [0.3, 0.4) is 0 Å². The van der Waals surface area contributed by atoms with Crippen LogP contribution in [0.1, 0.15) is 0 Å². The van der Waals surface area contributed by atoms with Crippen molar-refractivity contribution < 1.29 is 9.84 Å². The molecule has 2 rings (SSSR count). The smallest absolute Gasteiger partial charge is 0.121 e. The first-order chi connectivity index (χ1) is 10.1. The lowest BCUT2D eigenvalue weighted by Crippen LogP contribution is -2.26. The molecule has 0 aliphatic rings. The molecule has 2 aromatic rings. The highest BCUT2D eigenvalue weighted by Crippen LogP contribution is 2.26. The molecule has 6 heteroatoms. The van der Waals surface area contributed by atoms with Gasteiger partial charge in [0.05, 0.1) is 10.0 Å². The van der Waals surface area contributed by atoms with Gasteiger partial charge in [0.1, 0.15) is 18.5 Å². The molecule has 112 valence electrons. The van der Waals surface area contributed by atoms with E-state index in [4.69, 9.17) is 27.9 Å². The van der Waals surface area contributed by atoms with Gasteiger partial charge in [-0.1, -0.05) is 35.3 Å². The maximum absolute atomic E-state index is 9.94. The lowest BCUT2D eigenvalue weighted by molar-refractivity contribution is 0.117. The van der Waals surface area contributed by atoms with E-state index in [1.54, 1.807) is 18.2 Å². The summed E-state index contributed by atoms with van der Waals surface area (Å²) in [6.07, 6.45) is -0.629. The first-order valence-corrected chi connectivity index (χ1v) is 8.14. The summed E-state index contributed by atoms with van der Waals surface area (Å²) in [6.45, 7) is 0.579. The maximum atomic E-state index is 9.94. The largest absolute Gasteiger partial charge is 0.491 e. The molecule has 0 saturated heterocycles. The summed E-state index contributed by atoms with van der Waals surface area (Å²) in [7, 11) is 0. The molecule has 3 nitrogen and oxygen atoms in total. The number of rotatable bonds is 6. The van der Waals surface area contributed by atoms with E-state index in [0.717, 1.165) is 9.26 Å². The molecular weight excluding hydrogens is 424 g/mol. The minimum atomic E-state index is -0.629. The summed E-state index contributed by atoms with van der Waals surface area (Å²) in [5.74, 6) is 0.581. The van der Waals surface area contributed by atoms with E-state index in [2.05, 4.69) is 27.9 Å². The Labute approximate surface area is 147 Å². The van der Waals surface area contributed by atoms with Gasteiger partial charge in [-0.15, -0.1) is 0 Å². The highest BCUT2D eigenvalue weighted by atomic mass is 127. The minimum Gasteiger partial charge on any atom is -0.491 e. The fraction of sp³-hybridized carbons (Fsp3) is 0.200. The Morgan fingerprint density at radius 3 is 2.62 bits per heavy atom. The van der Waals surface area contributed by atoms with Crippen LogP contribution in [0.15, 0.2) is 42.5 Å². The monoisotopic (exact) mass is 437 g/mol. The number of para-hydroxylation sites is 1. The molecule has 1 unspecified atom stereocenters. The van der Waals surface area contributed by atoms with Crippen LogP contribution in [0.25, 0.3) is 0 Å². The molecule has 0 aromatic heterocycles. The van der Waals surface area contributed by atoms with Gasteiger partial charge in [-0.3, -0.25) is 0 Å². The number of aliphatic hydroxyl groups excluding tert-OH is 1. The van der Waals surface area contributed by atoms with Gasteiger partial charge >= 0.3 is 0 Å². The zero-order chi connectivity index (χ0) is 15.2. The quantitative estimate of drug-likeness (QED) is 0.656. The second-order valence-electron chi connectivity index (χ2n) is 4.40. The summed E-state index contributed by atoms with van der Waals surface area (Å²) in [4.78, 5) is 0. The SMILES string of the molecule is OC(CNc1ccccc1I)COc1ccc(Cl)c(Cl)c1. The Bertz CT molecular complexity index is 610. The Balaban J connectivity index is 1.81. The zero-order valence-electron chi connectivity index (χ0n) is 11.0. The molecule has 0 aliphatic carbocycles. The molecule has 2 N–H and O–H groups in total. The molecule has 0 spiro atoms. The summed E-state index contributed by atoms with van der Waals surface area (Å²) in [5.41, 5.74) is 0.992. The van der Waals surface area contributed by atoms with Gasteiger partial charge in [-0.25, -0.2) is 0 Å². The zero-order valence-corrected chi connectivity index (χ0v) is 14.7. The van der Waals surface area contributed by atoms with Crippen LogP contribution in [-0.2, 0) is 0 Å². The third-order valence-corrected chi connectivity index (χ3v) is 4.42. The molecule has 0 amide bonds. The van der Waals surface area contributed by atoms with Crippen molar-refractivity contribution in [2.45, 2.75) is 6.10 Å². The molecule has 0 bridgehead atoms. The lowest BCUT2D eigenvalue weighted by Gasteiger charge is -2.15. The first-order valence-electron chi connectivity index (χ1n) is 6.30. The Morgan fingerprint density at radius 1 is 1.14 bits per heavy atom. The van der Waals surface area contributed by atoms with Crippen LogP contribution < -0.4 is 10.1 Å². The normalized spacial score (nSPS) is 12.0. The van der Waals surface area contributed by atoms with Crippen molar-refractivity contribution in [3.05, 3.63) is 56.1 Å². The maximum Gasteiger partial charge on any atom is 0.121 e. The van der Waals surface area contributed by atoms with E-state index in [0.29, 0.717) is 22.3 Å². The van der Waals surface area contributed by atoms with Crippen molar-refractivity contribution in [1.82, 2.24) is 0 Å². The Kier molecular flexibility index (Phi) is 6.41. The highest BCUT2D eigenvalue weighted by molar-refractivity contribution is 14.1. The number of halogens is 3. The van der Waals surface area contributed by atoms with Crippen molar-refractivity contribution in [3.8, 4) is 5.75 Å². The van der Waals surface area contributed by atoms with Crippen molar-refractivity contribution in [3.63, 3.8) is 0 Å². The van der Waals surface area contributed by atoms with Gasteiger partial charge in [0, 0.05) is 21.9 Å². The van der Waals surface area contributed by atoms with Crippen molar-refractivity contribution in [1.29, 1.82) is 0 Å². The average molecular weight is 438 g/mol. The van der Waals surface area contributed by atoms with E-state index < -0.39 is 6.10 Å². The molecule has 0 saturated carbocycles. The summed E-state index contributed by atoms with van der Waals surface area (Å²) in [5, 5.41) is 14.0. The molecule has 0 aliphatic heterocycles. The van der Waals surface area contributed by atoms with Crippen LogP contribution in [0.2, 0.25) is 10.0 Å². The van der Waals surface area contributed by atoms with Crippen LogP contribution in [-0.4, -0.2) is 24.4 Å². The van der Waals surface area contributed by atoms with Crippen LogP contribution in [0, 0.1) is 3.57 Å². The standard InChI is InChI=1S/C15H14Cl2INO2/c16-12-6-5-11(7-13(12)17)21-9-10(20)8-19-15-4-2-1-3-14(15)18/h1-7,10,19-20H,8-9H2. The predicted octanol–water partition coefficient (Wildman–Crippen LogP) is 4.45. The van der Waals surface area contributed by atoms with Crippen molar-refractivity contribution in [2.24, 2.45) is 0 Å². The molecule has 0 radical (unpaired) electrons. The van der Waals surface area contributed by atoms with Gasteiger partial charge in [0.15, 0.2) is 0 Å². The van der Waals surface area contributed by atoms with Crippen LogP contribution in [0.5, 0.6) is 5.75 Å². The lowest BCUT2D eigenvalue weighted by atomic mass is 10.3. The van der Waals surface area contributed by atoms with Gasteiger partial charge in [-0.2, -0.15) is 0 Å². The number of aliphatic hydroxyl groups is 1. The number of nitrogens with one attached hydrogen (secondary N) is 1. The highest BCUT2D eigenvalue weighted by Gasteiger charge is 2.07. The first kappa shape index (κ1) is 16.7. The summed E-state index contributed by atoms with van der Waals surface area (Å²) < 4.78 is 6.59. The third kappa shape index (κ3) is 5.21. The number of ether oxygens (including phenoxy) is 1. The van der Waals surface area contributed by atoms with Gasteiger partial charge in [0.25, 0.3) is 0 Å². The van der Waals surface area contributed by atoms with Crippen LogP contribution in [0.4, 0.5) is 5.69 Å². The number of benzene rings is 2. The van der Waals surface area contributed by atoms with E-state index in [-0.39, 0.29) is 6.61 Å².